The fraction of sp³-hybridized carbons (Fsp3) is 0.543. The van der Waals surface area contributed by atoms with Gasteiger partial charge in [-0.15, -0.1) is 19.0 Å². The lowest BCUT2D eigenvalue weighted by Crippen LogP contribution is -2.12. The van der Waals surface area contributed by atoms with E-state index in [0.717, 1.165) is 61.0 Å². The van der Waals surface area contributed by atoms with Crippen LogP contribution in [0.3, 0.4) is 0 Å². The average molecular weight is 576 g/mol. The van der Waals surface area contributed by atoms with Crippen LogP contribution < -0.4 is 10.1 Å². The molecule has 0 saturated heterocycles. The minimum atomic E-state index is 0. The SMILES string of the molecule is C=C(C)CCC(C)C(C)=O.CC.CC.CCc1c(C=O)cccc1OCc1ccc(CC(C)CCNC)cc1.Cl. The molecule has 1 N–H and O–H groups in total. The van der Waals surface area contributed by atoms with Crippen LogP contribution in [-0.4, -0.2) is 25.7 Å². The molecule has 0 saturated carbocycles. The molecule has 2 rings (SSSR count). The molecular formula is C35H58ClNO3. The molecule has 0 bridgehead atoms. The molecule has 228 valence electrons. The summed E-state index contributed by atoms with van der Waals surface area (Å²) in [6, 6.07) is 14.3. The van der Waals surface area contributed by atoms with Crippen LogP contribution in [0.2, 0.25) is 0 Å². The Kier molecular flexibility index (Phi) is 28.1. The summed E-state index contributed by atoms with van der Waals surface area (Å²) in [5.74, 6) is 1.96. The van der Waals surface area contributed by atoms with Crippen molar-refractivity contribution in [1.82, 2.24) is 5.32 Å². The van der Waals surface area contributed by atoms with Crippen molar-refractivity contribution in [3.05, 3.63) is 76.9 Å². The summed E-state index contributed by atoms with van der Waals surface area (Å²) >= 11 is 0. The lowest BCUT2D eigenvalue weighted by molar-refractivity contribution is -0.120. The minimum Gasteiger partial charge on any atom is -0.489 e. The Morgan fingerprint density at radius 2 is 1.55 bits per heavy atom. The van der Waals surface area contributed by atoms with Gasteiger partial charge in [-0.05, 0) is 82.7 Å². The lowest BCUT2D eigenvalue weighted by Gasteiger charge is -2.13. The van der Waals surface area contributed by atoms with Crippen LogP contribution in [-0.2, 0) is 24.2 Å². The molecule has 0 aliphatic heterocycles. The number of nitrogens with one attached hydrogen (secondary N) is 1. The van der Waals surface area contributed by atoms with Gasteiger partial charge in [0.15, 0.2) is 0 Å². The summed E-state index contributed by atoms with van der Waals surface area (Å²) in [6.07, 6.45) is 5.90. The molecule has 0 aromatic heterocycles. The third-order valence-electron chi connectivity index (χ3n) is 6.24. The number of carbonyl (C=O) groups is 2. The van der Waals surface area contributed by atoms with Crippen molar-refractivity contribution in [3.8, 4) is 5.75 Å². The third-order valence-corrected chi connectivity index (χ3v) is 6.24. The number of Topliss-reactive ketones (excluding diaryl/α,β-unsaturated/α-hetero) is 1. The Morgan fingerprint density at radius 3 is 2.02 bits per heavy atom. The van der Waals surface area contributed by atoms with E-state index in [0.29, 0.717) is 18.1 Å². The summed E-state index contributed by atoms with van der Waals surface area (Å²) in [6.45, 7) is 23.3. The molecule has 0 spiro atoms. The Labute approximate surface area is 252 Å². The number of carbonyl (C=O) groups excluding carboxylic acids is 2. The molecule has 2 unspecified atom stereocenters. The van der Waals surface area contributed by atoms with Crippen LogP contribution in [0.25, 0.3) is 0 Å². The van der Waals surface area contributed by atoms with E-state index in [2.05, 4.69) is 43.1 Å². The fourth-order valence-electron chi connectivity index (χ4n) is 3.70. The first kappa shape index (κ1) is 42.0. The maximum absolute atomic E-state index is 11.1. The number of allylic oxidation sites excluding steroid dienone is 1. The van der Waals surface area contributed by atoms with E-state index < -0.39 is 0 Å². The topological polar surface area (TPSA) is 55.4 Å². The predicted molar refractivity (Wildman–Crippen MR) is 177 cm³/mol. The van der Waals surface area contributed by atoms with Crippen LogP contribution >= 0.6 is 12.4 Å². The highest BCUT2D eigenvalue weighted by atomic mass is 35.5. The summed E-state index contributed by atoms with van der Waals surface area (Å²) in [5, 5.41) is 3.20. The Balaban J connectivity index is -0.000000772. The largest absolute Gasteiger partial charge is 0.489 e. The van der Waals surface area contributed by atoms with Crippen molar-refractivity contribution in [2.24, 2.45) is 11.8 Å². The van der Waals surface area contributed by atoms with Gasteiger partial charge in [0.05, 0.1) is 0 Å². The Morgan fingerprint density at radius 1 is 0.975 bits per heavy atom. The molecular weight excluding hydrogens is 518 g/mol. The van der Waals surface area contributed by atoms with Gasteiger partial charge in [-0.1, -0.05) is 90.4 Å². The standard InChI is InChI=1S/C22H29NO2.C9H16O.2C2H6.ClH/c1-4-21-20(15-24)6-5-7-22(21)25-16-19-10-8-18(9-11-19)14-17(2)12-13-23-3;1-7(2)5-6-8(3)9(4)10;2*1-2;/h5-11,15,17,23H,4,12-14,16H2,1-3H3;8H,1,5-6H2,2-4H3;2*1-2H3;1H. The first-order valence-corrected chi connectivity index (χ1v) is 14.8. The van der Waals surface area contributed by atoms with E-state index >= 15 is 0 Å². The molecule has 0 fully saturated rings. The number of benzene rings is 2. The molecule has 4 nitrogen and oxygen atoms in total. The molecule has 5 heteroatoms. The highest BCUT2D eigenvalue weighted by Gasteiger charge is 2.08. The number of ether oxygens (including phenoxy) is 1. The van der Waals surface area contributed by atoms with E-state index in [-0.39, 0.29) is 24.1 Å². The fourth-order valence-corrected chi connectivity index (χ4v) is 3.70. The number of hydrogen-bond acceptors (Lipinski definition) is 4. The van der Waals surface area contributed by atoms with Crippen LogP contribution in [0.1, 0.15) is 109 Å². The number of hydrogen-bond donors (Lipinski definition) is 1. The molecule has 0 radical (unpaired) electrons. The number of aldehydes is 1. The first-order valence-electron chi connectivity index (χ1n) is 14.8. The maximum Gasteiger partial charge on any atom is 0.150 e. The molecule has 40 heavy (non-hydrogen) atoms. The van der Waals surface area contributed by atoms with Gasteiger partial charge in [-0.2, -0.15) is 0 Å². The zero-order chi connectivity index (χ0) is 30.2. The Bertz CT molecular complexity index is 925. The normalized spacial score (nSPS) is 10.9. The van der Waals surface area contributed by atoms with Crippen molar-refractivity contribution in [3.63, 3.8) is 0 Å². The lowest BCUT2D eigenvalue weighted by atomic mass is 9.97. The summed E-state index contributed by atoms with van der Waals surface area (Å²) in [7, 11) is 2.00. The first-order chi connectivity index (χ1) is 18.7. The van der Waals surface area contributed by atoms with E-state index in [1.807, 2.05) is 73.7 Å². The predicted octanol–water partition coefficient (Wildman–Crippen LogP) is 9.47. The van der Waals surface area contributed by atoms with Gasteiger partial charge in [0, 0.05) is 17.0 Å². The number of rotatable bonds is 14. The van der Waals surface area contributed by atoms with Crippen LogP contribution in [0, 0.1) is 11.8 Å². The third kappa shape index (κ3) is 18.8. The quantitative estimate of drug-likeness (QED) is 0.180. The van der Waals surface area contributed by atoms with Crippen molar-refractivity contribution < 1.29 is 14.3 Å². The molecule has 0 aliphatic rings. The van der Waals surface area contributed by atoms with Gasteiger partial charge >= 0.3 is 0 Å². The second-order valence-corrected chi connectivity index (χ2v) is 9.61. The second-order valence-electron chi connectivity index (χ2n) is 9.61. The van der Waals surface area contributed by atoms with Crippen LogP contribution in [0.15, 0.2) is 54.6 Å². The van der Waals surface area contributed by atoms with Gasteiger partial charge in [-0.3, -0.25) is 9.59 Å². The highest BCUT2D eigenvalue weighted by Crippen LogP contribution is 2.23. The molecule has 2 atom stereocenters. The van der Waals surface area contributed by atoms with E-state index in [1.165, 1.54) is 12.0 Å². The summed E-state index contributed by atoms with van der Waals surface area (Å²) < 4.78 is 5.96. The zero-order valence-corrected chi connectivity index (χ0v) is 27.9. The van der Waals surface area contributed by atoms with Gasteiger partial charge in [0.1, 0.15) is 24.4 Å². The monoisotopic (exact) mass is 575 g/mol. The maximum atomic E-state index is 11.1. The minimum absolute atomic E-state index is 0. The van der Waals surface area contributed by atoms with Crippen LogP contribution in [0.5, 0.6) is 5.75 Å². The summed E-state index contributed by atoms with van der Waals surface area (Å²) in [5.41, 5.74) is 5.36. The summed E-state index contributed by atoms with van der Waals surface area (Å²) in [4.78, 5) is 21.9. The smallest absolute Gasteiger partial charge is 0.150 e. The second kappa shape index (κ2) is 26.8. The van der Waals surface area contributed by atoms with E-state index in [1.54, 1.807) is 6.92 Å². The highest BCUT2D eigenvalue weighted by molar-refractivity contribution is 5.85. The molecule has 0 aliphatic carbocycles. The number of ketones is 1. The van der Waals surface area contributed by atoms with Crippen molar-refractivity contribution in [2.75, 3.05) is 13.6 Å². The molecule has 2 aromatic rings. The average Bonchev–Trinajstić information content (AvgIpc) is 2.96. The van der Waals surface area contributed by atoms with E-state index in [4.69, 9.17) is 4.74 Å². The molecule has 2 aromatic carbocycles. The molecule has 0 heterocycles. The van der Waals surface area contributed by atoms with Gasteiger partial charge < -0.3 is 10.1 Å². The van der Waals surface area contributed by atoms with Crippen molar-refractivity contribution in [1.29, 1.82) is 0 Å². The van der Waals surface area contributed by atoms with E-state index in [9.17, 15) is 9.59 Å². The van der Waals surface area contributed by atoms with Crippen LogP contribution in [0.4, 0.5) is 0 Å². The van der Waals surface area contributed by atoms with Crippen molar-refractivity contribution >= 4 is 24.5 Å². The number of halogens is 1. The van der Waals surface area contributed by atoms with Gasteiger partial charge in [0.25, 0.3) is 0 Å². The van der Waals surface area contributed by atoms with Gasteiger partial charge in [0.2, 0.25) is 0 Å². The zero-order valence-electron chi connectivity index (χ0n) is 27.1. The Hall–Kier alpha value is -2.43. The van der Waals surface area contributed by atoms with Gasteiger partial charge in [-0.25, -0.2) is 0 Å². The van der Waals surface area contributed by atoms with Crippen molar-refractivity contribution in [2.45, 2.75) is 101 Å². The molecule has 0 amide bonds.